The second-order valence-electron chi connectivity index (χ2n) is 6.53. The molecule has 0 radical (unpaired) electrons. The Bertz CT molecular complexity index is 1030. The summed E-state index contributed by atoms with van der Waals surface area (Å²) < 4.78 is 0. The van der Waals surface area contributed by atoms with Gasteiger partial charge in [0, 0.05) is 32.6 Å². The van der Waals surface area contributed by atoms with Gasteiger partial charge in [0.2, 0.25) is 0 Å². The first-order chi connectivity index (χ1) is 13.2. The number of amides is 1. The van der Waals surface area contributed by atoms with Crippen molar-refractivity contribution in [2.75, 3.05) is 6.54 Å². The standard InChI is InChI=1S/C22H20N4O.2H2/c1-15-19-12-18(13-23-21(19)26-25-15)22(27)24-14-20(16-8-4-2-5-9-16)17-10-6-3-7-11-17;;/h2-13,20H,14H2,1H3,(H,24,27)(H,23,25,26);2*1H. The van der Waals surface area contributed by atoms with Crippen LogP contribution in [0.15, 0.2) is 72.9 Å². The molecule has 0 fully saturated rings. The maximum atomic E-state index is 12.7. The Morgan fingerprint density at radius 3 is 2.33 bits per heavy atom. The predicted octanol–water partition coefficient (Wildman–Crippen LogP) is 4.32. The zero-order valence-corrected chi connectivity index (χ0v) is 15.0. The first-order valence-electron chi connectivity index (χ1n) is 8.91. The molecule has 0 saturated heterocycles. The van der Waals surface area contributed by atoms with Gasteiger partial charge in [0.05, 0.1) is 5.56 Å². The number of hydrogen-bond acceptors (Lipinski definition) is 3. The highest BCUT2D eigenvalue weighted by atomic mass is 16.1. The summed E-state index contributed by atoms with van der Waals surface area (Å²) >= 11 is 0. The molecule has 2 aromatic carbocycles. The van der Waals surface area contributed by atoms with E-state index in [1.807, 2.05) is 49.4 Å². The summed E-state index contributed by atoms with van der Waals surface area (Å²) in [6.45, 7) is 2.43. The number of rotatable bonds is 5. The van der Waals surface area contributed by atoms with Crippen molar-refractivity contribution in [3.05, 3.63) is 95.3 Å². The first kappa shape index (κ1) is 17.0. The van der Waals surface area contributed by atoms with E-state index in [0.29, 0.717) is 17.8 Å². The minimum Gasteiger partial charge on any atom is -0.351 e. The highest BCUT2D eigenvalue weighted by molar-refractivity contribution is 5.97. The van der Waals surface area contributed by atoms with Gasteiger partial charge in [-0.05, 0) is 24.1 Å². The Morgan fingerprint density at radius 1 is 1.07 bits per heavy atom. The quantitative estimate of drug-likeness (QED) is 0.557. The third-order valence-electron chi connectivity index (χ3n) is 4.73. The van der Waals surface area contributed by atoms with Gasteiger partial charge in [0.15, 0.2) is 5.65 Å². The molecule has 5 heteroatoms. The number of pyridine rings is 1. The van der Waals surface area contributed by atoms with Crippen molar-refractivity contribution in [2.45, 2.75) is 12.8 Å². The van der Waals surface area contributed by atoms with E-state index in [2.05, 4.69) is 44.8 Å². The van der Waals surface area contributed by atoms with E-state index in [9.17, 15) is 4.79 Å². The Morgan fingerprint density at radius 2 is 1.70 bits per heavy atom. The van der Waals surface area contributed by atoms with E-state index in [1.54, 1.807) is 6.20 Å². The topological polar surface area (TPSA) is 70.7 Å². The van der Waals surface area contributed by atoms with Gasteiger partial charge in [-0.15, -0.1) is 0 Å². The Hall–Kier alpha value is -3.47. The molecule has 2 heterocycles. The molecule has 0 aliphatic carbocycles. The van der Waals surface area contributed by atoms with Gasteiger partial charge in [-0.3, -0.25) is 9.89 Å². The molecule has 0 unspecified atom stereocenters. The maximum absolute atomic E-state index is 12.7. The number of benzene rings is 2. The number of aromatic amines is 1. The fourth-order valence-corrected chi connectivity index (χ4v) is 3.24. The minimum atomic E-state index is -0.137. The molecular weight excluding hydrogens is 336 g/mol. The number of aryl methyl sites for hydroxylation is 1. The van der Waals surface area contributed by atoms with Crippen molar-refractivity contribution in [1.82, 2.24) is 20.5 Å². The Labute approximate surface area is 160 Å². The number of hydrogen-bond donors (Lipinski definition) is 2. The lowest BCUT2D eigenvalue weighted by atomic mass is 9.91. The van der Waals surface area contributed by atoms with Crippen LogP contribution in [-0.2, 0) is 0 Å². The number of carbonyl (C=O) groups is 1. The summed E-state index contributed by atoms with van der Waals surface area (Å²) in [7, 11) is 0. The summed E-state index contributed by atoms with van der Waals surface area (Å²) in [6, 6.07) is 22.3. The van der Waals surface area contributed by atoms with Gasteiger partial charge in [0.1, 0.15) is 0 Å². The first-order valence-corrected chi connectivity index (χ1v) is 8.91. The van der Waals surface area contributed by atoms with Gasteiger partial charge < -0.3 is 5.32 Å². The van der Waals surface area contributed by atoms with Crippen LogP contribution < -0.4 is 5.32 Å². The van der Waals surface area contributed by atoms with Crippen molar-refractivity contribution in [3.63, 3.8) is 0 Å². The van der Waals surface area contributed by atoms with Crippen LogP contribution in [0, 0.1) is 6.92 Å². The van der Waals surface area contributed by atoms with Gasteiger partial charge in [-0.1, -0.05) is 60.7 Å². The van der Waals surface area contributed by atoms with Crippen LogP contribution in [0.1, 0.15) is 36.0 Å². The number of fused-ring (bicyclic) bond motifs is 1. The van der Waals surface area contributed by atoms with Gasteiger partial charge >= 0.3 is 0 Å². The smallest absolute Gasteiger partial charge is 0.252 e. The predicted molar refractivity (Wildman–Crippen MR) is 110 cm³/mol. The molecule has 2 N–H and O–H groups in total. The Kier molecular flexibility index (Phi) is 4.66. The van der Waals surface area contributed by atoms with E-state index in [4.69, 9.17) is 0 Å². The molecular formula is C22H24N4O. The lowest BCUT2D eigenvalue weighted by Crippen LogP contribution is -2.29. The molecule has 4 rings (SSSR count). The lowest BCUT2D eigenvalue weighted by Gasteiger charge is -2.19. The normalized spacial score (nSPS) is 11.0. The van der Waals surface area contributed by atoms with Gasteiger partial charge in [-0.25, -0.2) is 4.98 Å². The zero-order valence-electron chi connectivity index (χ0n) is 15.0. The number of nitrogens with zero attached hydrogens (tertiary/aromatic N) is 2. The molecule has 0 spiro atoms. The maximum Gasteiger partial charge on any atom is 0.252 e. The minimum absolute atomic E-state index is 0. The SMILES string of the molecule is Cc1[nH]nc2ncc(C(=O)NCC(c3ccccc3)c3ccccc3)cc12.[HH].[HH]. The van der Waals surface area contributed by atoms with Crippen molar-refractivity contribution in [2.24, 2.45) is 0 Å². The van der Waals surface area contributed by atoms with Crippen molar-refractivity contribution in [1.29, 1.82) is 0 Å². The third kappa shape index (κ3) is 3.58. The molecule has 0 aliphatic heterocycles. The fourth-order valence-electron chi connectivity index (χ4n) is 3.24. The number of nitrogens with one attached hydrogen (secondary N) is 2. The molecule has 5 nitrogen and oxygen atoms in total. The van der Waals surface area contributed by atoms with Crippen LogP contribution in [0.3, 0.4) is 0 Å². The number of H-pyrrole nitrogens is 1. The van der Waals surface area contributed by atoms with Gasteiger partial charge in [-0.2, -0.15) is 5.10 Å². The Balaban J connectivity index is 0.00000150. The molecule has 0 bridgehead atoms. The van der Waals surface area contributed by atoms with Crippen LogP contribution in [0.25, 0.3) is 11.0 Å². The summed E-state index contributed by atoms with van der Waals surface area (Å²) in [5.41, 5.74) is 4.40. The molecule has 0 atom stereocenters. The molecule has 0 saturated carbocycles. The summed E-state index contributed by atoms with van der Waals surface area (Å²) in [4.78, 5) is 17.0. The second kappa shape index (κ2) is 7.41. The van der Waals surface area contributed by atoms with E-state index in [1.165, 1.54) is 11.1 Å². The summed E-state index contributed by atoms with van der Waals surface area (Å²) in [5.74, 6) is -0.0504. The van der Waals surface area contributed by atoms with Crippen molar-refractivity contribution in [3.8, 4) is 0 Å². The molecule has 27 heavy (non-hydrogen) atoms. The van der Waals surface area contributed by atoms with Crippen LogP contribution >= 0.6 is 0 Å². The zero-order chi connectivity index (χ0) is 18.6. The van der Waals surface area contributed by atoms with Gasteiger partial charge in [0.25, 0.3) is 5.91 Å². The third-order valence-corrected chi connectivity index (χ3v) is 4.73. The van der Waals surface area contributed by atoms with E-state index in [0.717, 1.165) is 11.1 Å². The average Bonchev–Trinajstić information content (AvgIpc) is 3.10. The molecule has 138 valence electrons. The van der Waals surface area contributed by atoms with Crippen LogP contribution in [0.2, 0.25) is 0 Å². The van der Waals surface area contributed by atoms with E-state index >= 15 is 0 Å². The molecule has 1 amide bonds. The van der Waals surface area contributed by atoms with Crippen LogP contribution in [0.4, 0.5) is 0 Å². The summed E-state index contributed by atoms with van der Waals surface area (Å²) in [5, 5.41) is 10.9. The van der Waals surface area contributed by atoms with Crippen LogP contribution in [0.5, 0.6) is 0 Å². The lowest BCUT2D eigenvalue weighted by molar-refractivity contribution is 0.0952. The van der Waals surface area contributed by atoms with Crippen LogP contribution in [-0.4, -0.2) is 27.6 Å². The summed E-state index contributed by atoms with van der Waals surface area (Å²) in [6.07, 6.45) is 1.57. The largest absolute Gasteiger partial charge is 0.351 e. The van der Waals surface area contributed by atoms with Crippen molar-refractivity contribution >= 4 is 16.9 Å². The fraction of sp³-hybridized carbons (Fsp3) is 0.136. The number of aromatic nitrogens is 3. The average molecular weight is 360 g/mol. The number of carbonyl (C=O) groups excluding carboxylic acids is 1. The molecule has 2 aromatic heterocycles. The molecule has 0 aliphatic rings. The second-order valence-corrected chi connectivity index (χ2v) is 6.53. The van der Waals surface area contributed by atoms with E-state index < -0.39 is 0 Å². The molecule has 4 aromatic rings. The highest BCUT2D eigenvalue weighted by Crippen LogP contribution is 2.24. The van der Waals surface area contributed by atoms with Crippen molar-refractivity contribution < 1.29 is 7.65 Å². The highest BCUT2D eigenvalue weighted by Gasteiger charge is 2.16. The monoisotopic (exact) mass is 360 g/mol. The van der Waals surface area contributed by atoms with E-state index in [-0.39, 0.29) is 14.7 Å².